The van der Waals surface area contributed by atoms with E-state index in [9.17, 15) is 19.5 Å². The van der Waals surface area contributed by atoms with Crippen LogP contribution in [-0.2, 0) is 16.0 Å². The lowest BCUT2D eigenvalue weighted by Crippen LogP contribution is -2.64. The zero-order valence-corrected chi connectivity index (χ0v) is 20.0. The van der Waals surface area contributed by atoms with E-state index in [0.29, 0.717) is 11.3 Å². The van der Waals surface area contributed by atoms with Gasteiger partial charge in [-0.3, -0.25) is 20.1 Å². The number of nitrogens with zero attached hydrogens (tertiary/aromatic N) is 1. The first-order valence-electron chi connectivity index (χ1n) is 10.3. The Hall–Kier alpha value is -2.20. The monoisotopic (exact) mass is 475 g/mol. The molecule has 4 N–H and O–H groups in total. The summed E-state index contributed by atoms with van der Waals surface area (Å²) in [6, 6.07) is 10.0. The van der Waals surface area contributed by atoms with Crippen molar-refractivity contribution in [1.82, 2.24) is 10.2 Å². The van der Waals surface area contributed by atoms with Gasteiger partial charge in [0.15, 0.2) is 5.78 Å². The van der Waals surface area contributed by atoms with Crippen LogP contribution in [0.4, 0.5) is 0 Å². The second-order valence-corrected chi connectivity index (χ2v) is 10.8. The number of carbonyl (C=O) groups excluding carboxylic acids is 3. The standard InChI is InChI=1S/C23H29N3O4S2/c1-22(2,3)25-20(28)18-13-32-14-26(18)21(29)23(24,30)17(11-15-7-5-4-6-8-15)19(27)16-9-10-31-12-16/h4-10,12,17-18,30H,11,13-14,24H2,1-3H3,(H,25,28)/t17-,18+,23+/m1/s1. The number of thiophene rings is 1. The van der Waals surface area contributed by atoms with Gasteiger partial charge in [-0.25, -0.2) is 0 Å². The minimum atomic E-state index is -2.47. The van der Waals surface area contributed by atoms with Gasteiger partial charge in [0.2, 0.25) is 11.6 Å². The van der Waals surface area contributed by atoms with Crippen LogP contribution >= 0.6 is 23.1 Å². The number of ketones is 1. The van der Waals surface area contributed by atoms with Crippen molar-refractivity contribution in [2.75, 3.05) is 11.6 Å². The molecule has 7 nitrogen and oxygen atoms in total. The van der Waals surface area contributed by atoms with Gasteiger partial charge in [0, 0.05) is 22.2 Å². The number of aliphatic hydroxyl groups is 1. The predicted molar refractivity (Wildman–Crippen MR) is 127 cm³/mol. The van der Waals surface area contributed by atoms with Gasteiger partial charge in [-0.1, -0.05) is 30.3 Å². The molecule has 0 spiro atoms. The van der Waals surface area contributed by atoms with Crippen molar-refractivity contribution >= 4 is 40.7 Å². The molecule has 3 rings (SSSR count). The van der Waals surface area contributed by atoms with E-state index in [4.69, 9.17) is 5.73 Å². The zero-order chi connectivity index (χ0) is 23.5. The van der Waals surface area contributed by atoms with Crippen LogP contribution in [0.15, 0.2) is 47.2 Å². The van der Waals surface area contributed by atoms with Crippen molar-refractivity contribution in [1.29, 1.82) is 0 Å². The highest BCUT2D eigenvalue weighted by Crippen LogP contribution is 2.30. The van der Waals surface area contributed by atoms with Gasteiger partial charge in [0.1, 0.15) is 6.04 Å². The van der Waals surface area contributed by atoms with Gasteiger partial charge in [0.25, 0.3) is 5.91 Å². The van der Waals surface area contributed by atoms with Crippen LogP contribution in [-0.4, -0.2) is 56.5 Å². The predicted octanol–water partition coefficient (Wildman–Crippen LogP) is 2.25. The van der Waals surface area contributed by atoms with E-state index in [1.165, 1.54) is 28.0 Å². The SMILES string of the molecule is CC(C)(C)NC(=O)[C@@H]1CSCN1C(=O)[C@@](N)(O)[C@H](Cc1ccccc1)C(=O)c1ccsc1. The van der Waals surface area contributed by atoms with E-state index in [1.807, 2.05) is 51.1 Å². The van der Waals surface area contributed by atoms with Crippen molar-refractivity contribution < 1.29 is 19.5 Å². The Bertz CT molecular complexity index is 955. The van der Waals surface area contributed by atoms with Crippen LogP contribution in [0.1, 0.15) is 36.7 Å². The van der Waals surface area contributed by atoms with Crippen LogP contribution < -0.4 is 11.1 Å². The van der Waals surface area contributed by atoms with E-state index < -0.39 is 34.9 Å². The molecule has 0 saturated carbocycles. The lowest BCUT2D eigenvalue weighted by atomic mass is 9.83. The maximum Gasteiger partial charge on any atom is 0.271 e. The number of nitrogens with two attached hydrogens (primary N) is 1. The number of thioether (sulfide) groups is 1. The number of rotatable bonds is 7. The minimum absolute atomic E-state index is 0.0914. The summed E-state index contributed by atoms with van der Waals surface area (Å²) >= 11 is 2.76. The quantitative estimate of drug-likeness (QED) is 0.418. The third-order valence-electron chi connectivity index (χ3n) is 5.22. The largest absolute Gasteiger partial charge is 0.367 e. The van der Waals surface area contributed by atoms with Gasteiger partial charge < -0.3 is 15.3 Å². The molecular formula is C23H29N3O4S2. The first-order chi connectivity index (χ1) is 15.0. The van der Waals surface area contributed by atoms with Crippen LogP contribution in [0.3, 0.4) is 0 Å². The average molecular weight is 476 g/mol. The van der Waals surface area contributed by atoms with Gasteiger partial charge >= 0.3 is 0 Å². The highest BCUT2D eigenvalue weighted by molar-refractivity contribution is 7.99. The maximum atomic E-state index is 13.5. The molecule has 1 saturated heterocycles. The molecule has 2 aromatic rings. The minimum Gasteiger partial charge on any atom is -0.367 e. The molecule has 0 aliphatic carbocycles. The molecule has 1 aliphatic rings. The highest BCUT2D eigenvalue weighted by atomic mass is 32.2. The molecule has 32 heavy (non-hydrogen) atoms. The summed E-state index contributed by atoms with van der Waals surface area (Å²) in [7, 11) is 0. The van der Waals surface area contributed by atoms with E-state index in [-0.39, 0.29) is 18.2 Å². The third-order valence-corrected chi connectivity index (χ3v) is 6.92. The Labute approximate surface area is 196 Å². The zero-order valence-electron chi connectivity index (χ0n) is 18.4. The average Bonchev–Trinajstić information content (AvgIpc) is 3.42. The van der Waals surface area contributed by atoms with Gasteiger partial charge in [-0.15, -0.1) is 11.8 Å². The van der Waals surface area contributed by atoms with Gasteiger partial charge in [0.05, 0.1) is 11.8 Å². The normalized spacial score (nSPS) is 19.3. The van der Waals surface area contributed by atoms with Crippen molar-refractivity contribution in [3.8, 4) is 0 Å². The molecule has 0 radical (unpaired) electrons. The number of hydrogen-bond acceptors (Lipinski definition) is 7. The number of hydrogen-bond donors (Lipinski definition) is 3. The summed E-state index contributed by atoms with van der Waals surface area (Å²) < 4.78 is 0. The topological polar surface area (TPSA) is 113 Å². The fourth-order valence-electron chi connectivity index (χ4n) is 3.60. The Morgan fingerprint density at radius 3 is 2.50 bits per heavy atom. The first-order valence-corrected chi connectivity index (χ1v) is 12.4. The summed E-state index contributed by atoms with van der Waals surface area (Å²) in [5.74, 6) is -2.13. The van der Waals surface area contributed by atoms with Crippen LogP contribution in [0.2, 0.25) is 0 Å². The molecule has 1 aromatic carbocycles. The molecule has 0 bridgehead atoms. The number of benzene rings is 1. The second kappa shape index (κ2) is 9.74. The molecule has 1 fully saturated rings. The van der Waals surface area contributed by atoms with Crippen molar-refractivity contribution in [2.45, 2.75) is 44.5 Å². The van der Waals surface area contributed by atoms with E-state index in [2.05, 4.69) is 5.32 Å². The first kappa shape index (κ1) is 24.4. The fraction of sp³-hybridized carbons (Fsp3) is 0.435. The molecular weight excluding hydrogens is 446 g/mol. The second-order valence-electron chi connectivity index (χ2n) is 8.97. The van der Waals surface area contributed by atoms with Crippen molar-refractivity contribution in [3.05, 3.63) is 58.3 Å². The van der Waals surface area contributed by atoms with Gasteiger partial charge in [-0.2, -0.15) is 11.3 Å². The lowest BCUT2D eigenvalue weighted by molar-refractivity contribution is -0.158. The fourth-order valence-corrected chi connectivity index (χ4v) is 5.39. The van der Waals surface area contributed by atoms with E-state index in [1.54, 1.807) is 16.8 Å². The van der Waals surface area contributed by atoms with E-state index in [0.717, 1.165) is 5.56 Å². The summed E-state index contributed by atoms with van der Waals surface area (Å²) in [6.07, 6.45) is 0.0914. The Morgan fingerprint density at radius 1 is 1.22 bits per heavy atom. The molecule has 2 amide bonds. The summed E-state index contributed by atoms with van der Waals surface area (Å²) in [5.41, 5.74) is 4.46. The lowest BCUT2D eigenvalue weighted by Gasteiger charge is -2.36. The number of nitrogens with one attached hydrogen (secondary N) is 1. The Kier molecular flexibility index (Phi) is 7.44. The molecule has 0 unspecified atom stereocenters. The molecule has 1 aliphatic heterocycles. The van der Waals surface area contributed by atoms with E-state index >= 15 is 0 Å². The number of carbonyl (C=O) groups is 3. The van der Waals surface area contributed by atoms with Crippen LogP contribution in [0, 0.1) is 5.92 Å². The number of Topliss-reactive ketones (excluding diaryl/α,β-unsaturated/α-hetero) is 1. The third kappa shape index (κ3) is 5.58. The molecule has 172 valence electrons. The Balaban J connectivity index is 1.90. The molecule has 3 atom stereocenters. The Morgan fingerprint density at radius 2 is 1.91 bits per heavy atom. The highest BCUT2D eigenvalue weighted by Gasteiger charge is 2.50. The number of amides is 2. The van der Waals surface area contributed by atoms with Crippen LogP contribution in [0.25, 0.3) is 0 Å². The molecule has 2 heterocycles. The summed E-state index contributed by atoms with van der Waals surface area (Å²) in [6.45, 7) is 5.56. The van der Waals surface area contributed by atoms with Crippen molar-refractivity contribution in [2.24, 2.45) is 11.7 Å². The van der Waals surface area contributed by atoms with Crippen molar-refractivity contribution in [3.63, 3.8) is 0 Å². The molecule has 1 aromatic heterocycles. The smallest absolute Gasteiger partial charge is 0.271 e. The summed E-state index contributed by atoms with van der Waals surface area (Å²) in [5, 5.41) is 17.6. The van der Waals surface area contributed by atoms with Crippen LogP contribution in [0.5, 0.6) is 0 Å². The summed E-state index contributed by atoms with van der Waals surface area (Å²) in [4.78, 5) is 40.8. The maximum absolute atomic E-state index is 13.5. The van der Waals surface area contributed by atoms with Gasteiger partial charge in [-0.05, 0) is 44.2 Å². The molecule has 9 heteroatoms.